The van der Waals surface area contributed by atoms with Crippen molar-refractivity contribution in [3.63, 3.8) is 0 Å². The number of nitrogens with one attached hydrogen (secondary N) is 1. The van der Waals surface area contributed by atoms with Crippen molar-refractivity contribution in [2.75, 3.05) is 19.8 Å². The maximum absolute atomic E-state index is 13.2. The standard InChI is InChI=1S/C54H105NO13/c1-3-5-7-9-11-13-15-17-19-20-21-22-24-26-28-30-32-34-36-38-46(59)55-42(43(58)37-35-33-31-29-27-25-23-18-16-14-12-10-8-6-4-2)41-65-53-51(64)49(62)52(45(40-57)67-53)68-54-50(63)48(61)47(60)44(39-56)66-54/h42-45,47-54,56-58,60-64H,3-41H2,1-2H3,(H,55,59). The van der Waals surface area contributed by atoms with Crippen LogP contribution in [0.4, 0.5) is 0 Å². The smallest absolute Gasteiger partial charge is 0.220 e. The molecule has 0 saturated carbocycles. The van der Waals surface area contributed by atoms with Gasteiger partial charge in [0.05, 0.1) is 32.0 Å². The fourth-order valence-corrected chi connectivity index (χ4v) is 9.71. The Kier molecular flexibility index (Phi) is 38.5. The van der Waals surface area contributed by atoms with E-state index in [1.165, 1.54) is 167 Å². The molecule has 0 aliphatic carbocycles. The molecule has 2 saturated heterocycles. The van der Waals surface area contributed by atoms with Gasteiger partial charge in [-0.05, 0) is 12.8 Å². The largest absolute Gasteiger partial charge is 0.394 e. The van der Waals surface area contributed by atoms with Gasteiger partial charge in [-0.1, -0.05) is 226 Å². The number of aliphatic hydroxyl groups excluding tert-OH is 8. The molecule has 12 atom stereocenters. The minimum Gasteiger partial charge on any atom is -0.394 e. The number of rotatable bonds is 45. The van der Waals surface area contributed by atoms with Crippen LogP contribution in [0, 0.1) is 0 Å². The van der Waals surface area contributed by atoms with Gasteiger partial charge in [0, 0.05) is 6.42 Å². The third-order valence-electron chi connectivity index (χ3n) is 14.3. The molecule has 2 fully saturated rings. The van der Waals surface area contributed by atoms with Crippen LogP contribution in [0.3, 0.4) is 0 Å². The highest BCUT2D eigenvalue weighted by Gasteiger charge is 2.51. The van der Waals surface area contributed by atoms with E-state index in [0.717, 1.165) is 51.4 Å². The van der Waals surface area contributed by atoms with Gasteiger partial charge in [-0.15, -0.1) is 0 Å². The molecule has 14 heteroatoms. The fraction of sp³-hybridized carbons (Fsp3) is 0.981. The minimum absolute atomic E-state index is 0.201. The first-order valence-electron chi connectivity index (χ1n) is 28.3. The van der Waals surface area contributed by atoms with Crippen LogP contribution in [0.1, 0.15) is 245 Å². The van der Waals surface area contributed by atoms with Gasteiger partial charge in [0.2, 0.25) is 5.91 Å². The Morgan fingerprint density at radius 2 is 0.838 bits per heavy atom. The number of hydrogen-bond donors (Lipinski definition) is 9. The van der Waals surface area contributed by atoms with Crippen molar-refractivity contribution in [3.05, 3.63) is 0 Å². The van der Waals surface area contributed by atoms with Gasteiger partial charge >= 0.3 is 0 Å². The van der Waals surface area contributed by atoms with Gasteiger partial charge in [0.1, 0.15) is 48.8 Å². The molecule has 2 aliphatic rings. The molecule has 0 spiro atoms. The van der Waals surface area contributed by atoms with E-state index in [0.29, 0.717) is 12.8 Å². The number of unbranched alkanes of at least 4 members (excludes halogenated alkanes) is 32. The third-order valence-corrected chi connectivity index (χ3v) is 14.3. The Hall–Kier alpha value is -1.01. The molecule has 14 nitrogen and oxygen atoms in total. The van der Waals surface area contributed by atoms with Crippen LogP contribution in [0.2, 0.25) is 0 Å². The number of aliphatic hydroxyl groups is 8. The van der Waals surface area contributed by atoms with Crippen LogP contribution in [-0.4, -0.2) is 140 Å². The van der Waals surface area contributed by atoms with Crippen LogP contribution in [-0.2, 0) is 23.7 Å². The number of carbonyl (C=O) groups excluding carboxylic acids is 1. The molecule has 0 aromatic rings. The summed E-state index contributed by atoms with van der Waals surface area (Å²) in [6, 6.07) is -0.821. The summed E-state index contributed by atoms with van der Waals surface area (Å²) < 4.78 is 22.8. The molecule has 0 aromatic carbocycles. The van der Waals surface area contributed by atoms with E-state index in [4.69, 9.17) is 18.9 Å². The molecule has 0 radical (unpaired) electrons. The highest BCUT2D eigenvalue weighted by Crippen LogP contribution is 2.30. The molecule has 404 valence electrons. The van der Waals surface area contributed by atoms with Gasteiger partial charge in [-0.3, -0.25) is 4.79 Å². The van der Waals surface area contributed by atoms with Crippen molar-refractivity contribution in [1.82, 2.24) is 5.32 Å². The summed E-state index contributed by atoms with van der Waals surface area (Å²) in [5, 5.41) is 87.1. The summed E-state index contributed by atoms with van der Waals surface area (Å²) in [5.41, 5.74) is 0. The summed E-state index contributed by atoms with van der Waals surface area (Å²) in [4.78, 5) is 13.2. The first kappa shape index (κ1) is 63.1. The van der Waals surface area contributed by atoms with Crippen LogP contribution < -0.4 is 5.32 Å². The summed E-state index contributed by atoms with van der Waals surface area (Å²) in [6.45, 7) is 2.88. The normalized spacial score (nSPS) is 26.3. The highest BCUT2D eigenvalue weighted by atomic mass is 16.7. The second kappa shape index (κ2) is 41.5. The summed E-state index contributed by atoms with van der Waals surface area (Å²) in [6.07, 6.45) is 26.7. The Morgan fingerprint density at radius 1 is 0.471 bits per heavy atom. The molecule has 0 aromatic heterocycles. The molecular formula is C54H105NO13. The van der Waals surface area contributed by atoms with Crippen molar-refractivity contribution < 1.29 is 64.6 Å². The lowest BCUT2D eigenvalue weighted by molar-refractivity contribution is -0.359. The maximum atomic E-state index is 13.2. The predicted octanol–water partition coefficient (Wildman–Crippen LogP) is 8.56. The van der Waals surface area contributed by atoms with Crippen LogP contribution in [0.5, 0.6) is 0 Å². The van der Waals surface area contributed by atoms with Crippen molar-refractivity contribution in [1.29, 1.82) is 0 Å². The first-order chi connectivity index (χ1) is 33.1. The lowest BCUT2D eigenvalue weighted by Gasteiger charge is -2.46. The molecule has 9 N–H and O–H groups in total. The number of hydrogen-bond acceptors (Lipinski definition) is 13. The molecule has 2 heterocycles. The average molecular weight is 976 g/mol. The lowest BCUT2D eigenvalue weighted by Crippen LogP contribution is -2.65. The van der Waals surface area contributed by atoms with Crippen LogP contribution in [0.15, 0.2) is 0 Å². The van der Waals surface area contributed by atoms with Crippen molar-refractivity contribution in [2.24, 2.45) is 0 Å². The zero-order valence-electron chi connectivity index (χ0n) is 43.1. The molecule has 68 heavy (non-hydrogen) atoms. The quantitative estimate of drug-likeness (QED) is 0.0261. The van der Waals surface area contributed by atoms with Gasteiger partial charge in [0.15, 0.2) is 12.6 Å². The van der Waals surface area contributed by atoms with Crippen LogP contribution >= 0.6 is 0 Å². The molecule has 1 amide bonds. The number of ether oxygens (including phenoxy) is 4. The van der Waals surface area contributed by atoms with Gasteiger partial charge in [-0.2, -0.15) is 0 Å². The van der Waals surface area contributed by atoms with E-state index in [-0.39, 0.29) is 12.5 Å². The van der Waals surface area contributed by atoms with Gasteiger partial charge in [0.25, 0.3) is 0 Å². The van der Waals surface area contributed by atoms with Gasteiger partial charge in [-0.25, -0.2) is 0 Å². The molecule has 2 rings (SSSR count). The minimum atomic E-state index is -1.78. The zero-order chi connectivity index (χ0) is 49.6. The highest BCUT2D eigenvalue weighted by molar-refractivity contribution is 5.76. The second-order valence-corrected chi connectivity index (χ2v) is 20.4. The van der Waals surface area contributed by atoms with Crippen LogP contribution in [0.25, 0.3) is 0 Å². The maximum Gasteiger partial charge on any atom is 0.220 e. The van der Waals surface area contributed by atoms with Gasteiger partial charge < -0.3 is 65.1 Å². The van der Waals surface area contributed by atoms with E-state index in [2.05, 4.69) is 19.2 Å². The summed E-state index contributed by atoms with van der Waals surface area (Å²) in [7, 11) is 0. The third kappa shape index (κ3) is 27.7. The predicted molar refractivity (Wildman–Crippen MR) is 268 cm³/mol. The number of amides is 1. The fourth-order valence-electron chi connectivity index (χ4n) is 9.71. The summed E-state index contributed by atoms with van der Waals surface area (Å²) in [5.74, 6) is -0.201. The molecule has 0 bridgehead atoms. The topological polar surface area (TPSA) is 228 Å². The number of carbonyl (C=O) groups is 1. The monoisotopic (exact) mass is 976 g/mol. The first-order valence-corrected chi connectivity index (χ1v) is 28.3. The Morgan fingerprint density at radius 3 is 1.25 bits per heavy atom. The molecule has 2 aliphatic heterocycles. The molecular weight excluding hydrogens is 871 g/mol. The van der Waals surface area contributed by atoms with Crippen molar-refractivity contribution in [3.8, 4) is 0 Å². The van der Waals surface area contributed by atoms with E-state index in [9.17, 15) is 45.6 Å². The van der Waals surface area contributed by atoms with E-state index < -0.39 is 86.8 Å². The van der Waals surface area contributed by atoms with Crippen molar-refractivity contribution >= 4 is 5.91 Å². The van der Waals surface area contributed by atoms with Crippen molar-refractivity contribution in [2.45, 2.75) is 319 Å². The average Bonchev–Trinajstić information content (AvgIpc) is 3.34. The Balaban J connectivity index is 1.77. The van der Waals surface area contributed by atoms with E-state index >= 15 is 0 Å². The Bertz CT molecular complexity index is 1150. The molecule has 12 unspecified atom stereocenters. The van der Waals surface area contributed by atoms with E-state index in [1.54, 1.807) is 0 Å². The zero-order valence-corrected chi connectivity index (χ0v) is 43.1. The second-order valence-electron chi connectivity index (χ2n) is 20.4. The lowest BCUT2D eigenvalue weighted by atomic mass is 9.97. The van der Waals surface area contributed by atoms with E-state index in [1.807, 2.05) is 0 Å². The summed E-state index contributed by atoms with van der Waals surface area (Å²) >= 11 is 0. The SMILES string of the molecule is CCCCCCCCCCCCCCCCCCCCCC(=O)NC(COC1OC(CO)C(OC2OC(CO)C(O)C(O)C2O)C(O)C1O)C(O)CCCCCCCCCCCCCCCCC. The Labute approximate surface area is 413 Å².